The van der Waals surface area contributed by atoms with Crippen molar-refractivity contribution in [2.24, 2.45) is 0 Å². The van der Waals surface area contributed by atoms with E-state index in [4.69, 9.17) is 4.42 Å². The number of hydrogen-bond donors (Lipinski definition) is 1. The van der Waals surface area contributed by atoms with Gasteiger partial charge >= 0.3 is 6.18 Å². The Morgan fingerprint density at radius 2 is 1.81 bits per heavy atom. The van der Waals surface area contributed by atoms with Crippen molar-refractivity contribution in [1.82, 2.24) is 5.32 Å². The van der Waals surface area contributed by atoms with Gasteiger partial charge in [0.1, 0.15) is 5.76 Å². The van der Waals surface area contributed by atoms with Gasteiger partial charge in [-0.1, -0.05) is 19.1 Å². The number of likely N-dealkylation sites (N-methyl/N-ethyl adjacent to an activating group) is 1. The maximum Gasteiger partial charge on any atom is 0.416 e. The van der Waals surface area contributed by atoms with Crippen molar-refractivity contribution >= 4 is 0 Å². The van der Waals surface area contributed by atoms with E-state index in [2.05, 4.69) is 5.32 Å². The average molecular weight is 297 g/mol. The molecule has 5 heteroatoms. The van der Waals surface area contributed by atoms with Crippen LogP contribution in [0.15, 0.2) is 41.0 Å². The first-order valence-corrected chi connectivity index (χ1v) is 6.85. The van der Waals surface area contributed by atoms with Crippen molar-refractivity contribution < 1.29 is 17.6 Å². The number of alkyl halides is 3. The first-order chi connectivity index (χ1) is 9.91. The molecule has 2 aromatic rings. The number of rotatable bonds is 5. The summed E-state index contributed by atoms with van der Waals surface area (Å²) in [6, 6.07) is 7.24. The molecule has 0 fully saturated rings. The topological polar surface area (TPSA) is 25.2 Å². The molecule has 1 aromatic carbocycles. The molecular weight excluding hydrogens is 279 g/mol. The number of hydrogen-bond acceptors (Lipinski definition) is 2. The molecule has 0 aliphatic carbocycles. The van der Waals surface area contributed by atoms with E-state index in [9.17, 15) is 13.2 Å². The molecule has 114 valence electrons. The second kappa shape index (κ2) is 6.35. The van der Waals surface area contributed by atoms with Crippen LogP contribution in [0.3, 0.4) is 0 Å². The summed E-state index contributed by atoms with van der Waals surface area (Å²) in [4.78, 5) is 0. The molecule has 0 aliphatic rings. The predicted molar refractivity (Wildman–Crippen MR) is 75.0 cm³/mol. The molecule has 0 saturated heterocycles. The standard InChI is InChI=1S/C16H18F3NO/c1-3-20-15(14-8-9-21-11(14)2)10-12-4-6-13(7-5-12)16(17,18)19/h4-9,15,20H,3,10H2,1-2H3. The lowest BCUT2D eigenvalue weighted by Crippen LogP contribution is -2.23. The molecule has 2 nitrogen and oxygen atoms in total. The highest BCUT2D eigenvalue weighted by molar-refractivity contribution is 5.28. The fourth-order valence-corrected chi connectivity index (χ4v) is 2.36. The minimum atomic E-state index is -4.29. The van der Waals surface area contributed by atoms with Crippen molar-refractivity contribution in [2.45, 2.75) is 32.5 Å². The SMILES string of the molecule is CCNC(Cc1ccc(C(F)(F)F)cc1)c1ccoc1C. The predicted octanol–water partition coefficient (Wildman–Crippen LogP) is 4.50. The molecular formula is C16H18F3NO. The van der Waals surface area contributed by atoms with E-state index in [0.717, 1.165) is 35.6 Å². The normalized spacial score (nSPS) is 13.4. The Balaban J connectivity index is 2.16. The highest BCUT2D eigenvalue weighted by atomic mass is 19.4. The van der Waals surface area contributed by atoms with Gasteiger partial charge in [-0.15, -0.1) is 0 Å². The zero-order valence-corrected chi connectivity index (χ0v) is 12.0. The van der Waals surface area contributed by atoms with E-state index < -0.39 is 11.7 Å². The van der Waals surface area contributed by atoms with Gasteiger partial charge in [-0.05, 0) is 43.7 Å². The van der Waals surface area contributed by atoms with Crippen molar-refractivity contribution in [3.8, 4) is 0 Å². The third kappa shape index (κ3) is 3.88. The van der Waals surface area contributed by atoms with Crippen LogP contribution in [0.2, 0.25) is 0 Å². The van der Waals surface area contributed by atoms with Crippen molar-refractivity contribution in [3.63, 3.8) is 0 Å². The zero-order valence-electron chi connectivity index (χ0n) is 12.0. The smallest absolute Gasteiger partial charge is 0.416 e. The Kier molecular flexibility index (Phi) is 4.73. The van der Waals surface area contributed by atoms with Crippen molar-refractivity contribution in [1.29, 1.82) is 0 Å². The van der Waals surface area contributed by atoms with Crippen LogP contribution in [-0.2, 0) is 12.6 Å². The number of nitrogens with one attached hydrogen (secondary N) is 1. The van der Waals surface area contributed by atoms with Crippen LogP contribution in [0.25, 0.3) is 0 Å². The largest absolute Gasteiger partial charge is 0.469 e. The lowest BCUT2D eigenvalue weighted by atomic mass is 9.98. The van der Waals surface area contributed by atoms with Gasteiger partial charge in [-0.2, -0.15) is 13.2 Å². The summed E-state index contributed by atoms with van der Waals surface area (Å²) in [6.45, 7) is 4.65. The lowest BCUT2D eigenvalue weighted by Gasteiger charge is -2.18. The summed E-state index contributed by atoms with van der Waals surface area (Å²) < 4.78 is 43.0. The molecule has 21 heavy (non-hydrogen) atoms. The number of furan rings is 1. The summed E-state index contributed by atoms with van der Waals surface area (Å²) in [5.41, 5.74) is 1.28. The summed E-state index contributed by atoms with van der Waals surface area (Å²) in [7, 11) is 0. The summed E-state index contributed by atoms with van der Waals surface area (Å²) in [6.07, 6.45) is -2.05. The number of aryl methyl sites for hydroxylation is 1. The molecule has 1 unspecified atom stereocenters. The van der Waals surface area contributed by atoms with Crippen LogP contribution in [0.5, 0.6) is 0 Å². The van der Waals surface area contributed by atoms with Crippen LogP contribution < -0.4 is 5.32 Å². The summed E-state index contributed by atoms with van der Waals surface area (Å²) in [5.74, 6) is 0.827. The van der Waals surface area contributed by atoms with Gasteiger partial charge in [0.05, 0.1) is 11.8 Å². The van der Waals surface area contributed by atoms with E-state index in [0.29, 0.717) is 6.42 Å². The second-order valence-electron chi connectivity index (χ2n) is 4.94. The van der Waals surface area contributed by atoms with Gasteiger partial charge in [0.15, 0.2) is 0 Å². The molecule has 0 radical (unpaired) electrons. The Labute approximate surface area is 122 Å². The molecule has 0 spiro atoms. The van der Waals surface area contributed by atoms with Gasteiger partial charge in [-0.25, -0.2) is 0 Å². The second-order valence-corrected chi connectivity index (χ2v) is 4.94. The highest BCUT2D eigenvalue weighted by Gasteiger charge is 2.30. The van der Waals surface area contributed by atoms with Crippen LogP contribution >= 0.6 is 0 Å². The van der Waals surface area contributed by atoms with E-state index >= 15 is 0 Å². The van der Waals surface area contributed by atoms with Crippen LogP contribution in [0.1, 0.15) is 35.4 Å². The zero-order chi connectivity index (χ0) is 15.5. The summed E-state index contributed by atoms with van der Waals surface area (Å²) >= 11 is 0. The third-order valence-corrected chi connectivity index (χ3v) is 3.45. The number of halogens is 3. The van der Waals surface area contributed by atoms with E-state index in [1.54, 1.807) is 6.26 Å². The van der Waals surface area contributed by atoms with E-state index in [1.807, 2.05) is 19.9 Å². The fraction of sp³-hybridized carbons (Fsp3) is 0.375. The Hall–Kier alpha value is -1.75. The molecule has 0 aliphatic heterocycles. The van der Waals surface area contributed by atoms with Crippen LogP contribution in [-0.4, -0.2) is 6.54 Å². The maximum absolute atomic E-state index is 12.6. The first-order valence-electron chi connectivity index (χ1n) is 6.85. The molecule has 0 bridgehead atoms. The van der Waals surface area contributed by atoms with E-state index in [1.165, 1.54) is 12.1 Å². The van der Waals surface area contributed by atoms with Gasteiger partial charge in [0.25, 0.3) is 0 Å². The molecule has 0 saturated carbocycles. The van der Waals surface area contributed by atoms with Crippen LogP contribution in [0.4, 0.5) is 13.2 Å². The maximum atomic E-state index is 12.6. The molecule has 0 amide bonds. The quantitative estimate of drug-likeness (QED) is 0.879. The molecule has 1 aromatic heterocycles. The Bertz CT molecular complexity index is 572. The van der Waals surface area contributed by atoms with Gasteiger partial charge in [0, 0.05) is 11.6 Å². The van der Waals surface area contributed by atoms with Crippen molar-refractivity contribution in [3.05, 3.63) is 59.0 Å². The molecule has 2 rings (SSSR count). The third-order valence-electron chi connectivity index (χ3n) is 3.45. The van der Waals surface area contributed by atoms with Gasteiger partial charge < -0.3 is 9.73 Å². The Morgan fingerprint density at radius 3 is 2.29 bits per heavy atom. The molecule has 1 atom stereocenters. The summed E-state index contributed by atoms with van der Waals surface area (Å²) in [5, 5.41) is 3.34. The minimum Gasteiger partial charge on any atom is -0.469 e. The highest BCUT2D eigenvalue weighted by Crippen LogP contribution is 2.30. The first kappa shape index (κ1) is 15.6. The minimum absolute atomic E-state index is 0.0329. The van der Waals surface area contributed by atoms with Gasteiger partial charge in [-0.3, -0.25) is 0 Å². The van der Waals surface area contributed by atoms with Crippen LogP contribution in [0, 0.1) is 6.92 Å². The monoisotopic (exact) mass is 297 g/mol. The molecule has 1 N–H and O–H groups in total. The Morgan fingerprint density at radius 1 is 1.14 bits per heavy atom. The van der Waals surface area contributed by atoms with Crippen molar-refractivity contribution in [2.75, 3.05) is 6.54 Å². The molecule has 1 heterocycles. The average Bonchev–Trinajstić information content (AvgIpc) is 2.84. The lowest BCUT2D eigenvalue weighted by molar-refractivity contribution is -0.137. The fourth-order valence-electron chi connectivity index (χ4n) is 2.36. The number of benzene rings is 1. The van der Waals surface area contributed by atoms with E-state index in [-0.39, 0.29) is 6.04 Å². The van der Waals surface area contributed by atoms with Gasteiger partial charge in [0.2, 0.25) is 0 Å².